The van der Waals surface area contributed by atoms with Crippen LogP contribution in [-0.4, -0.2) is 28.0 Å². The van der Waals surface area contributed by atoms with E-state index in [2.05, 4.69) is 15.3 Å². The number of aromatic nitrogens is 2. The standard InChI is InChI=1S/C20H23ClN4O2/c1-20(2,22)19(26)25-17(12-27-11-13-6-4-3-5-7-13)18-23-15-9-8-14(21)10-16(15)24-18/h3-10,17H,11-12,22H2,1-2H3,(H,23,24)(H,25,26)/t17-/m1/s1. The molecule has 3 rings (SSSR count). The molecule has 27 heavy (non-hydrogen) atoms. The van der Waals surface area contributed by atoms with Gasteiger partial charge in [-0.15, -0.1) is 0 Å². The number of rotatable bonds is 7. The summed E-state index contributed by atoms with van der Waals surface area (Å²) in [6.45, 7) is 4.00. The van der Waals surface area contributed by atoms with Crippen molar-refractivity contribution in [3.8, 4) is 0 Å². The predicted molar refractivity (Wildman–Crippen MR) is 106 cm³/mol. The maximum atomic E-state index is 12.4. The molecule has 1 atom stereocenters. The van der Waals surface area contributed by atoms with Gasteiger partial charge >= 0.3 is 0 Å². The average Bonchev–Trinajstić information content (AvgIpc) is 3.03. The van der Waals surface area contributed by atoms with Gasteiger partial charge in [-0.25, -0.2) is 4.98 Å². The quantitative estimate of drug-likeness (QED) is 0.580. The largest absolute Gasteiger partial charge is 0.374 e. The number of nitrogens with one attached hydrogen (secondary N) is 2. The number of fused-ring (bicyclic) bond motifs is 1. The summed E-state index contributed by atoms with van der Waals surface area (Å²) < 4.78 is 5.83. The fraction of sp³-hybridized carbons (Fsp3) is 0.300. The van der Waals surface area contributed by atoms with Gasteiger partial charge in [0.1, 0.15) is 11.9 Å². The summed E-state index contributed by atoms with van der Waals surface area (Å²) >= 11 is 6.04. The van der Waals surface area contributed by atoms with Crippen LogP contribution in [0.25, 0.3) is 11.0 Å². The first-order valence-corrected chi connectivity index (χ1v) is 9.07. The molecule has 7 heteroatoms. The van der Waals surface area contributed by atoms with Crippen LogP contribution in [0.4, 0.5) is 0 Å². The van der Waals surface area contributed by atoms with Crippen molar-refractivity contribution in [3.63, 3.8) is 0 Å². The second-order valence-electron chi connectivity index (χ2n) is 7.03. The lowest BCUT2D eigenvalue weighted by Crippen LogP contribution is -2.50. The van der Waals surface area contributed by atoms with E-state index in [0.717, 1.165) is 16.6 Å². The highest BCUT2D eigenvalue weighted by molar-refractivity contribution is 6.31. The average molecular weight is 387 g/mol. The Morgan fingerprint density at radius 3 is 2.74 bits per heavy atom. The van der Waals surface area contributed by atoms with Crippen LogP contribution in [0.1, 0.15) is 31.3 Å². The lowest BCUT2D eigenvalue weighted by Gasteiger charge is -2.23. The second kappa shape index (κ2) is 8.08. The number of carbonyl (C=O) groups excluding carboxylic acids is 1. The molecule has 3 aromatic rings. The van der Waals surface area contributed by atoms with Crippen LogP contribution in [0.2, 0.25) is 5.02 Å². The van der Waals surface area contributed by atoms with Gasteiger partial charge in [-0.1, -0.05) is 41.9 Å². The van der Waals surface area contributed by atoms with Crippen molar-refractivity contribution >= 4 is 28.5 Å². The zero-order chi connectivity index (χ0) is 19.4. The predicted octanol–water partition coefficient (Wildman–Crippen LogP) is 3.33. The van der Waals surface area contributed by atoms with Crippen LogP contribution in [-0.2, 0) is 16.1 Å². The smallest absolute Gasteiger partial charge is 0.240 e. The first-order valence-electron chi connectivity index (χ1n) is 8.69. The van der Waals surface area contributed by atoms with E-state index in [4.69, 9.17) is 22.1 Å². The molecule has 1 heterocycles. The van der Waals surface area contributed by atoms with Gasteiger partial charge in [0, 0.05) is 5.02 Å². The second-order valence-corrected chi connectivity index (χ2v) is 7.47. The van der Waals surface area contributed by atoms with Gasteiger partial charge in [0.05, 0.1) is 29.8 Å². The maximum absolute atomic E-state index is 12.4. The van der Waals surface area contributed by atoms with Crippen molar-refractivity contribution in [2.75, 3.05) is 6.61 Å². The van der Waals surface area contributed by atoms with Gasteiger partial charge in [-0.2, -0.15) is 0 Å². The minimum absolute atomic E-state index is 0.254. The van der Waals surface area contributed by atoms with Crippen molar-refractivity contribution in [1.29, 1.82) is 0 Å². The number of nitrogens with zero attached hydrogens (tertiary/aromatic N) is 1. The number of nitrogens with two attached hydrogens (primary N) is 1. The molecule has 0 aliphatic carbocycles. The van der Waals surface area contributed by atoms with Crippen LogP contribution in [0.3, 0.4) is 0 Å². The summed E-state index contributed by atoms with van der Waals surface area (Å²) in [6, 6.07) is 14.8. The number of halogens is 1. The van der Waals surface area contributed by atoms with E-state index in [1.54, 1.807) is 26.0 Å². The van der Waals surface area contributed by atoms with Crippen LogP contribution in [0.15, 0.2) is 48.5 Å². The van der Waals surface area contributed by atoms with Crippen LogP contribution in [0, 0.1) is 0 Å². The van der Waals surface area contributed by atoms with E-state index in [-0.39, 0.29) is 12.5 Å². The van der Waals surface area contributed by atoms with Gasteiger partial charge in [-0.05, 0) is 37.6 Å². The molecule has 0 saturated heterocycles. The first-order chi connectivity index (χ1) is 12.8. The molecule has 6 nitrogen and oxygen atoms in total. The lowest BCUT2D eigenvalue weighted by molar-refractivity contribution is -0.126. The summed E-state index contributed by atoms with van der Waals surface area (Å²) in [6.07, 6.45) is 0. The Bertz CT molecular complexity index is 919. The molecule has 0 aliphatic rings. The molecule has 0 aliphatic heterocycles. The molecule has 2 aromatic carbocycles. The summed E-state index contributed by atoms with van der Waals surface area (Å²) in [5, 5.41) is 3.53. The fourth-order valence-corrected chi connectivity index (χ4v) is 2.74. The zero-order valence-electron chi connectivity index (χ0n) is 15.3. The third-order valence-electron chi connectivity index (χ3n) is 4.08. The van der Waals surface area contributed by atoms with Crippen LogP contribution < -0.4 is 11.1 Å². The van der Waals surface area contributed by atoms with Crippen LogP contribution >= 0.6 is 11.6 Å². The maximum Gasteiger partial charge on any atom is 0.240 e. The molecule has 0 fully saturated rings. The van der Waals surface area contributed by atoms with E-state index < -0.39 is 11.6 Å². The molecule has 4 N–H and O–H groups in total. The lowest BCUT2D eigenvalue weighted by atomic mass is 10.1. The number of carbonyl (C=O) groups is 1. The number of benzene rings is 2. The van der Waals surface area contributed by atoms with Gasteiger partial charge < -0.3 is 20.8 Å². The van der Waals surface area contributed by atoms with Crippen molar-refractivity contribution < 1.29 is 9.53 Å². The molecule has 0 bridgehead atoms. The normalized spacial score (nSPS) is 12.9. The Hall–Kier alpha value is -2.41. The molecule has 1 aromatic heterocycles. The molecule has 0 saturated carbocycles. The number of aromatic amines is 1. The highest BCUT2D eigenvalue weighted by atomic mass is 35.5. The SMILES string of the molecule is CC(C)(N)C(=O)N[C@H](COCc1ccccc1)c1nc2ccc(Cl)cc2[nH]1. The minimum atomic E-state index is -1.01. The molecular weight excluding hydrogens is 364 g/mol. The fourth-order valence-electron chi connectivity index (χ4n) is 2.57. The number of imidazole rings is 1. The van der Waals surface area contributed by atoms with E-state index in [0.29, 0.717) is 17.5 Å². The van der Waals surface area contributed by atoms with E-state index in [1.165, 1.54) is 0 Å². The van der Waals surface area contributed by atoms with Crippen molar-refractivity contribution in [1.82, 2.24) is 15.3 Å². The zero-order valence-corrected chi connectivity index (χ0v) is 16.1. The summed E-state index contributed by atoms with van der Waals surface area (Å²) in [7, 11) is 0. The molecule has 1 amide bonds. The van der Waals surface area contributed by atoms with Crippen molar-refractivity contribution in [3.05, 3.63) is 64.9 Å². The molecular formula is C20H23ClN4O2. The van der Waals surface area contributed by atoms with Gasteiger partial charge in [-0.3, -0.25) is 4.79 Å². The van der Waals surface area contributed by atoms with Crippen molar-refractivity contribution in [2.24, 2.45) is 5.73 Å². The third kappa shape index (κ3) is 5.07. The monoisotopic (exact) mass is 386 g/mol. The molecule has 0 radical (unpaired) electrons. The number of hydrogen-bond acceptors (Lipinski definition) is 4. The Kier molecular flexibility index (Phi) is 5.79. The minimum Gasteiger partial charge on any atom is -0.374 e. The highest BCUT2D eigenvalue weighted by Gasteiger charge is 2.27. The third-order valence-corrected chi connectivity index (χ3v) is 4.31. The van der Waals surface area contributed by atoms with Crippen molar-refractivity contribution in [2.45, 2.75) is 32.0 Å². The highest BCUT2D eigenvalue weighted by Crippen LogP contribution is 2.21. The Balaban J connectivity index is 1.78. The van der Waals surface area contributed by atoms with Gasteiger partial charge in [0.2, 0.25) is 5.91 Å². The number of ether oxygens (including phenoxy) is 1. The van der Waals surface area contributed by atoms with Gasteiger partial charge in [0.15, 0.2) is 0 Å². The summed E-state index contributed by atoms with van der Waals surface area (Å²) in [5.41, 5.74) is 7.53. The number of H-pyrrole nitrogens is 1. The molecule has 0 unspecified atom stereocenters. The number of amides is 1. The molecule has 0 spiro atoms. The Morgan fingerprint density at radius 2 is 2.04 bits per heavy atom. The summed E-state index contributed by atoms with van der Waals surface area (Å²) in [4.78, 5) is 20.2. The van der Waals surface area contributed by atoms with E-state index in [9.17, 15) is 4.79 Å². The number of hydrogen-bond donors (Lipinski definition) is 3. The Morgan fingerprint density at radius 1 is 1.30 bits per heavy atom. The van der Waals surface area contributed by atoms with Crippen LogP contribution in [0.5, 0.6) is 0 Å². The summed E-state index contributed by atoms with van der Waals surface area (Å²) in [5.74, 6) is 0.312. The Labute approximate surface area is 163 Å². The first kappa shape index (κ1) is 19.4. The van der Waals surface area contributed by atoms with Gasteiger partial charge in [0.25, 0.3) is 0 Å². The van der Waals surface area contributed by atoms with E-state index >= 15 is 0 Å². The van der Waals surface area contributed by atoms with E-state index in [1.807, 2.05) is 36.4 Å². The molecule has 142 valence electrons. The topological polar surface area (TPSA) is 93.0 Å².